The van der Waals surface area contributed by atoms with E-state index < -0.39 is 5.97 Å². The van der Waals surface area contributed by atoms with Gasteiger partial charge in [0.2, 0.25) is 0 Å². The summed E-state index contributed by atoms with van der Waals surface area (Å²) in [6.07, 6.45) is 6.11. The maximum Gasteiger partial charge on any atom is 0.332 e. The van der Waals surface area contributed by atoms with E-state index in [0.29, 0.717) is 12.6 Å². The number of hydrogen-bond acceptors (Lipinski definition) is 2. The van der Waals surface area contributed by atoms with E-state index in [2.05, 4.69) is 25.7 Å². The molecule has 0 rings (SSSR count). The number of carbonyl (C=O) groups is 1. The number of hydrogen-bond donors (Lipinski definition) is 2. The van der Waals surface area contributed by atoms with Crippen LogP contribution in [0.2, 0.25) is 0 Å². The van der Waals surface area contributed by atoms with Gasteiger partial charge in [-0.1, -0.05) is 39.2 Å². The summed E-state index contributed by atoms with van der Waals surface area (Å²) < 4.78 is 0. The average molecular weight is 213 g/mol. The minimum atomic E-state index is -0.916. The number of unbranched alkanes of at least 4 members (excludes halogenated alkanes) is 3. The second-order valence-corrected chi connectivity index (χ2v) is 4.04. The highest BCUT2D eigenvalue weighted by atomic mass is 16.4. The second kappa shape index (κ2) is 8.48. The van der Waals surface area contributed by atoms with E-state index in [4.69, 9.17) is 5.11 Å². The number of aliphatic carboxylic acids is 1. The van der Waals surface area contributed by atoms with E-state index >= 15 is 0 Å². The fourth-order valence-corrected chi connectivity index (χ4v) is 1.35. The van der Waals surface area contributed by atoms with E-state index in [1.54, 1.807) is 0 Å². The van der Waals surface area contributed by atoms with Crippen LogP contribution in [0.1, 0.15) is 46.0 Å². The summed E-state index contributed by atoms with van der Waals surface area (Å²) in [4.78, 5) is 10.5. The first kappa shape index (κ1) is 14.2. The Bertz CT molecular complexity index is 202. The molecule has 88 valence electrons. The molecule has 0 heterocycles. The van der Waals surface area contributed by atoms with Gasteiger partial charge in [-0.2, -0.15) is 0 Å². The largest absolute Gasteiger partial charge is 0.478 e. The molecule has 0 aliphatic carbocycles. The van der Waals surface area contributed by atoms with Crippen molar-refractivity contribution in [3.05, 3.63) is 12.2 Å². The maximum absolute atomic E-state index is 10.5. The standard InChI is InChI=1S/C12H23NO2/c1-4-5-6-7-8-11(3)13-9-10(2)12(14)15/h11,13H,2,4-9H2,1,3H3,(H,14,15). The molecule has 2 N–H and O–H groups in total. The van der Waals surface area contributed by atoms with Gasteiger partial charge in [-0.15, -0.1) is 0 Å². The quantitative estimate of drug-likeness (QED) is 0.457. The summed E-state index contributed by atoms with van der Waals surface area (Å²) >= 11 is 0. The molecule has 3 heteroatoms. The Balaban J connectivity index is 3.44. The van der Waals surface area contributed by atoms with Gasteiger partial charge in [0.25, 0.3) is 0 Å². The third-order valence-electron chi connectivity index (χ3n) is 2.46. The molecule has 15 heavy (non-hydrogen) atoms. The van der Waals surface area contributed by atoms with Crippen LogP contribution in [0.5, 0.6) is 0 Å². The summed E-state index contributed by atoms with van der Waals surface area (Å²) in [6, 6.07) is 0.373. The van der Waals surface area contributed by atoms with Crippen molar-refractivity contribution < 1.29 is 9.90 Å². The minimum absolute atomic E-state index is 0.232. The summed E-state index contributed by atoms with van der Waals surface area (Å²) in [7, 11) is 0. The molecule has 0 radical (unpaired) electrons. The predicted octanol–water partition coefficient (Wildman–Crippen LogP) is 2.58. The van der Waals surface area contributed by atoms with Crippen LogP contribution in [0.15, 0.2) is 12.2 Å². The monoisotopic (exact) mass is 213 g/mol. The van der Waals surface area contributed by atoms with Gasteiger partial charge in [-0.3, -0.25) is 0 Å². The summed E-state index contributed by atoms with van der Waals surface area (Å²) in [6.45, 7) is 8.13. The van der Waals surface area contributed by atoms with Crippen LogP contribution in [0.4, 0.5) is 0 Å². The zero-order valence-corrected chi connectivity index (χ0v) is 9.88. The lowest BCUT2D eigenvalue weighted by Crippen LogP contribution is -2.29. The first-order chi connectivity index (χ1) is 7.07. The number of carboxylic acid groups (broad SMARTS) is 1. The van der Waals surface area contributed by atoms with Gasteiger partial charge in [-0.05, 0) is 13.3 Å². The highest BCUT2D eigenvalue weighted by Crippen LogP contribution is 2.05. The molecule has 1 unspecified atom stereocenters. The molecule has 0 spiro atoms. The first-order valence-electron chi connectivity index (χ1n) is 5.72. The lowest BCUT2D eigenvalue weighted by Gasteiger charge is -2.13. The van der Waals surface area contributed by atoms with Crippen LogP contribution < -0.4 is 5.32 Å². The summed E-state index contributed by atoms with van der Waals surface area (Å²) in [5, 5.41) is 11.8. The maximum atomic E-state index is 10.5. The van der Waals surface area contributed by atoms with Crippen molar-refractivity contribution in [1.29, 1.82) is 0 Å². The van der Waals surface area contributed by atoms with E-state index in [1.165, 1.54) is 25.7 Å². The average Bonchev–Trinajstić information content (AvgIpc) is 2.20. The smallest absolute Gasteiger partial charge is 0.332 e. The Morgan fingerprint density at radius 1 is 1.40 bits per heavy atom. The van der Waals surface area contributed by atoms with Gasteiger partial charge in [0.05, 0.1) is 0 Å². The first-order valence-corrected chi connectivity index (χ1v) is 5.72. The molecular formula is C12H23NO2. The van der Waals surface area contributed by atoms with E-state index in [0.717, 1.165) is 6.42 Å². The molecule has 0 bridgehead atoms. The Labute approximate surface area is 92.6 Å². The third-order valence-corrected chi connectivity index (χ3v) is 2.46. The normalized spacial score (nSPS) is 12.4. The van der Waals surface area contributed by atoms with Gasteiger partial charge in [0, 0.05) is 18.2 Å². The molecule has 0 saturated carbocycles. The predicted molar refractivity (Wildman–Crippen MR) is 63.0 cm³/mol. The van der Waals surface area contributed by atoms with Crippen LogP contribution in [-0.4, -0.2) is 23.7 Å². The molecule has 0 aromatic rings. The third kappa shape index (κ3) is 8.18. The van der Waals surface area contributed by atoms with Crippen LogP contribution in [0.3, 0.4) is 0 Å². The van der Waals surface area contributed by atoms with E-state index in [-0.39, 0.29) is 5.57 Å². The molecule has 0 aliphatic heterocycles. The zero-order valence-electron chi connectivity index (χ0n) is 9.88. The molecule has 0 aromatic heterocycles. The van der Waals surface area contributed by atoms with Crippen LogP contribution in [-0.2, 0) is 4.79 Å². The van der Waals surface area contributed by atoms with Crippen molar-refractivity contribution in [3.63, 3.8) is 0 Å². The van der Waals surface area contributed by atoms with E-state index in [9.17, 15) is 4.79 Å². The fraction of sp³-hybridized carbons (Fsp3) is 0.750. The van der Waals surface area contributed by atoms with Crippen LogP contribution >= 0.6 is 0 Å². The molecule has 0 aliphatic rings. The number of nitrogens with one attached hydrogen (secondary N) is 1. The molecule has 0 fully saturated rings. The second-order valence-electron chi connectivity index (χ2n) is 4.04. The summed E-state index contributed by atoms with van der Waals surface area (Å²) in [5.74, 6) is -0.916. The van der Waals surface area contributed by atoms with Crippen molar-refractivity contribution in [1.82, 2.24) is 5.32 Å². The van der Waals surface area contributed by atoms with Crippen LogP contribution in [0, 0.1) is 0 Å². The van der Waals surface area contributed by atoms with Crippen molar-refractivity contribution >= 4 is 5.97 Å². The summed E-state index contributed by atoms with van der Waals surface area (Å²) in [5.41, 5.74) is 0.232. The van der Waals surface area contributed by atoms with Crippen molar-refractivity contribution in [3.8, 4) is 0 Å². The Hall–Kier alpha value is -0.830. The van der Waals surface area contributed by atoms with Crippen LogP contribution in [0.25, 0.3) is 0 Å². The Morgan fingerprint density at radius 3 is 2.60 bits per heavy atom. The zero-order chi connectivity index (χ0) is 11.7. The lowest BCUT2D eigenvalue weighted by atomic mass is 10.1. The van der Waals surface area contributed by atoms with Gasteiger partial charge >= 0.3 is 5.97 Å². The van der Waals surface area contributed by atoms with Crippen molar-refractivity contribution in [2.24, 2.45) is 0 Å². The number of carboxylic acids is 1. The van der Waals surface area contributed by atoms with Crippen molar-refractivity contribution in [2.45, 2.75) is 52.0 Å². The Morgan fingerprint density at radius 2 is 2.07 bits per heavy atom. The lowest BCUT2D eigenvalue weighted by molar-refractivity contribution is -0.132. The molecule has 1 atom stereocenters. The number of rotatable bonds is 9. The molecule has 3 nitrogen and oxygen atoms in total. The van der Waals surface area contributed by atoms with Gasteiger partial charge < -0.3 is 10.4 Å². The molecular weight excluding hydrogens is 190 g/mol. The van der Waals surface area contributed by atoms with Crippen molar-refractivity contribution in [2.75, 3.05) is 6.54 Å². The van der Waals surface area contributed by atoms with E-state index in [1.807, 2.05) is 0 Å². The highest BCUT2D eigenvalue weighted by molar-refractivity contribution is 5.86. The molecule has 0 amide bonds. The fourth-order valence-electron chi connectivity index (χ4n) is 1.35. The topological polar surface area (TPSA) is 49.3 Å². The minimum Gasteiger partial charge on any atom is -0.478 e. The highest BCUT2D eigenvalue weighted by Gasteiger charge is 2.06. The molecule has 0 saturated heterocycles. The molecule has 0 aromatic carbocycles. The van der Waals surface area contributed by atoms with Gasteiger partial charge in [0.15, 0.2) is 0 Å². The Kier molecular flexibility index (Phi) is 8.01. The SMILES string of the molecule is C=C(CNC(C)CCCCCC)C(=O)O. The van der Waals surface area contributed by atoms with Gasteiger partial charge in [0.1, 0.15) is 0 Å². The van der Waals surface area contributed by atoms with Gasteiger partial charge in [-0.25, -0.2) is 4.79 Å².